The van der Waals surface area contributed by atoms with E-state index in [9.17, 15) is 9.59 Å². The number of ether oxygens (including phenoxy) is 1. The Balaban J connectivity index is 1.62. The molecule has 0 bridgehead atoms. The van der Waals surface area contributed by atoms with E-state index in [0.717, 1.165) is 41.3 Å². The van der Waals surface area contributed by atoms with E-state index in [1.165, 1.54) is 6.42 Å². The predicted molar refractivity (Wildman–Crippen MR) is 158 cm³/mol. The summed E-state index contributed by atoms with van der Waals surface area (Å²) in [6.45, 7) is 0.0647. The fourth-order valence-corrected chi connectivity index (χ4v) is 5.99. The molecular formula is C30H31Br2ClN2O3. The Hall–Kier alpha value is -2.35. The summed E-state index contributed by atoms with van der Waals surface area (Å²) >= 11 is 13.0. The molecule has 0 heterocycles. The Labute approximate surface area is 246 Å². The van der Waals surface area contributed by atoms with Gasteiger partial charge in [-0.2, -0.15) is 0 Å². The number of amides is 2. The largest absolute Gasteiger partial charge is 0.483 e. The van der Waals surface area contributed by atoms with E-state index < -0.39 is 6.04 Å². The number of carbonyl (C=O) groups excluding carboxylic acids is 2. The lowest BCUT2D eigenvalue weighted by atomic mass is 9.94. The first-order valence-electron chi connectivity index (χ1n) is 12.8. The van der Waals surface area contributed by atoms with Crippen molar-refractivity contribution in [1.82, 2.24) is 10.2 Å². The minimum Gasteiger partial charge on any atom is -0.483 e. The van der Waals surface area contributed by atoms with E-state index in [-0.39, 0.29) is 31.0 Å². The predicted octanol–water partition coefficient (Wildman–Crippen LogP) is 7.33. The van der Waals surface area contributed by atoms with Crippen LogP contribution in [0.3, 0.4) is 0 Å². The molecule has 4 rings (SSSR count). The Morgan fingerprint density at radius 1 is 0.947 bits per heavy atom. The highest BCUT2D eigenvalue weighted by Crippen LogP contribution is 2.28. The Bertz CT molecular complexity index is 1240. The summed E-state index contributed by atoms with van der Waals surface area (Å²) in [5.74, 6) is 0.111. The van der Waals surface area contributed by atoms with Crippen molar-refractivity contribution in [2.45, 2.75) is 57.2 Å². The second kappa shape index (κ2) is 14.2. The minimum absolute atomic E-state index is 0.128. The van der Waals surface area contributed by atoms with Gasteiger partial charge in [-0.05, 0) is 70.2 Å². The van der Waals surface area contributed by atoms with Crippen LogP contribution in [0.4, 0.5) is 0 Å². The van der Waals surface area contributed by atoms with Crippen molar-refractivity contribution in [3.05, 3.63) is 97.9 Å². The maximum atomic E-state index is 13.8. The van der Waals surface area contributed by atoms with Crippen molar-refractivity contribution >= 4 is 55.3 Å². The third-order valence-corrected chi connectivity index (χ3v) is 8.06. The molecule has 2 amide bonds. The van der Waals surface area contributed by atoms with Crippen molar-refractivity contribution in [3.8, 4) is 5.75 Å². The maximum Gasteiger partial charge on any atom is 0.261 e. The second-order valence-electron chi connectivity index (χ2n) is 9.56. The molecule has 1 atom stereocenters. The van der Waals surface area contributed by atoms with Gasteiger partial charge >= 0.3 is 0 Å². The SMILES string of the molecule is O=C(NC1CCCCC1)C(Cc1ccccc1)N(Cc1cccc(Br)c1)C(=O)COc1ccc(Cl)cc1Br. The Morgan fingerprint density at radius 3 is 2.39 bits per heavy atom. The van der Waals surface area contributed by atoms with E-state index in [2.05, 4.69) is 37.2 Å². The average molecular weight is 663 g/mol. The maximum absolute atomic E-state index is 13.8. The first-order chi connectivity index (χ1) is 18.4. The molecule has 1 unspecified atom stereocenters. The van der Waals surface area contributed by atoms with Gasteiger partial charge < -0.3 is 15.0 Å². The van der Waals surface area contributed by atoms with Crippen molar-refractivity contribution in [1.29, 1.82) is 0 Å². The molecule has 1 aliphatic rings. The lowest BCUT2D eigenvalue weighted by molar-refractivity contribution is -0.143. The molecule has 0 radical (unpaired) electrons. The summed E-state index contributed by atoms with van der Waals surface area (Å²) in [6, 6.07) is 22.2. The number of benzene rings is 3. The monoisotopic (exact) mass is 660 g/mol. The zero-order valence-corrected chi connectivity index (χ0v) is 25.0. The summed E-state index contributed by atoms with van der Waals surface area (Å²) < 4.78 is 7.46. The van der Waals surface area contributed by atoms with Gasteiger partial charge in [0.25, 0.3) is 5.91 Å². The third-order valence-electron chi connectivity index (χ3n) is 6.71. The molecule has 1 aliphatic carbocycles. The fourth-order valence-electron chi connectivity index (χ4n) is 4.74. The molecule has 5 nitrogen and oxygen atoms in total. The van der Waals surface area contributed by atoms with Crippen LogP contribution < -0.4 is 10.1 Å². The molecule has 3 aromatic rings. The molecule has 1 N–H and O–H groups in total. The molecule has 0 spiro atoms. The van der Waals surface area contributed by atoms with Gasteiger partial charge in [-0.1, -0.05) is 89.3 Å². The van der Waals surface area contributed by atoms with Gasteiger partial charge in [0.2, 0.25) is 5.91 Å². The van der Waals surface area contributed by atoms with Gasteiger partial charge in [0.15, 0.2) is 6.61 Å². The molecule has 8 heteroatoms. The molecule has 1 saturated carbocycles. The summed E-state index contributed by atoms with van der Waals surface area (Å²) in [5, 5.41) is 3.82. The van der Waals surface area contributed by atoms with E-state index in [1.54, 1.807) is 23.1 Å². The van der Waals surface area contributed by atoms with E-state index in [4.69, 9.17) is 16.3 Å². The molecule has 3 aromatic carbocycles. The third kappa shape index (κ3) is 8.32. The fraction of sp³-hybridized carbons (Fsp3) is 0.333. The zero-order valence-electron chi connectivity index (χ0n) is 21.0. The highest BCUT2D eigenvalue weighted by atomic mass is 79.9. The number of hydrogen-bond acceptors (Lipinski definition) is 3. The standard InChI is InChI=1S/C30H31Br2ClN2O3/c31-23-11-7-10-22(16-23)19-35(29(36)20-38-28-15-14-24(33)18-26(28)32)27(17-21-8-3-1-4-9-21)30(37)34-25-12-5-2-6-13-25/h1,3-4,7-11,14-16,18,25,27H,2,5-6,12-13,17,19-20H2,(H,34,37). The lowest BCUT2D eigenvalue weighted by Crippen LogP contribution is -2.53. The number of carbonyl (C=O) groups is 2. The smallest absolute Gasteiger partial charge is 0.261 e. The first-order valence-corrected chi connectivity index (χ1v) is 14.8. The lowest BCUT2D eigenvalue weighted by Gasteiger charge is -2.33. The zero-order chi connectivity index (χ0) is 26.9. The molecule has 38 heavy (non-hydrogen) atoms. The van der Waals surface area contributed by atoms with Crippen LogP contribution in [0.1, 0.15) is 43.2 Å². The summed E-state index contributed by atoms with van der Waals surface area (Å²) in [6.07, 6.45) is 5.76. The summed E-state index contributed by atoms with van der Waals surface area (Å²) in [4.78, 5) is 29.2. The summed E-state index contributed by atoms with van der Waals surface area (Å²) in [5.41, 5.74) is 1.91. The van der Waals surface area contributed by atoms with Crippen molar-refractivity contribution in [2.75, 3.05) is 6.61 Å². The Kier molecular flexibility index (Phi) is 10.7. The van der Waals surface area contributed by atoms with Crippen molar-refractivity contribution in [2.24, 2.45) is 0 Å². The van der Waals surface area contributed by atoms with Crippen molar-refractivity contribution < 1.29 is 14.3 Å². The number of halogens is 3. The van der Waals surface area contributed by atoms with Crippen LogP contribution in [0.15, 0.2) is 81.7 Å². The normalized spacial score (nSPS) is 14.5. The van der Waals surface area contributed by atoms with E-state index in [1.807, 2.05) is 54.6 Å². The quantitative estimate of drug-likeness (QED) is 0.247. The van der Waals surface area contributed by atoms with Gasteiger partial charge in [0, 0.05) is 28.5 Å². The van der Waals surface area contributed by atoms with Gasteiger partial charge in [0.1, 0.15) is 11.8 Å². The van der Waals surface area contributed by atoms with E-state index >= 15 is 0 Å². The highest BCUT2D eigenvalue weighted by Gasteiger charge is 2.32. The molecule has 0 aliphatic heterocycles. The second-order valence-corrected chi connectivity index (χ2v) is 11.8. The van der Waals surface area contributed by atoms with Crippen LogP contribution in [0.2, 0.25) is 5.02 Å². The minimum atomic E-state index is -0.692. The van der Waals surface area contributed by atoms with Crippen LogP contribution in [-0.2, 0) is 22.6 Å². The van der Waals surface area contributed by atoms with Crippen LogP contribution in [0, 0.1) is 0 Å². The van der Waals surface area contributed by atoms with Gasteiger partial charge in [-0.15, -0.1) is 0 Å². The molecule has 0 aromatic heterocycles. The van der Waals surface area contributed by atoms with Crippen LogP contribution >= 0.6 is 43.5 Å². The van der Waals surface area contributed by atoms with Crippen LogP contribution in [0.25, 0.3) is 0 Å². The van der Waals surface area contributed by atoms with E-state index in [0.29, 0.717) is 21.7 Å². The van der Waals surface area contributed by atoms with Gasteiger partial charge in [-0.3, -0.25) is 9.59 Å². The number of nitrogens with zero attached hydrogens (tertiary/aromatic N) is 1. The Morgan fingerprint density at radius 2 is 1.68 bits per heavy atom. The number of hydrogen-bond donors (Lipinski definition) is 1. The highest BCUT2D eigenvalue weighted by molar-refractivity contribution is 9.10. The molecule has 0 saturated heterocycles. The van der Waals surface area contributed by atoms with Crippen LogP contribution in [-0.4, -0.2) is 35.4 Å². The summed E-state index contributed by atoms with van der Waals surface area (Å²) in [7, 11) is 0. The van der Waals surface area contributed by atoms with Crippen molar-refractivity contribution in [3.63, 3.8) is 0 Å². The van der Waals surface area contributed by atoms with Crippen LogP contribution in [0.5, 0.6) is 5.75 Å². The molecule has 200 valence electrons. The number of rotatable bonds is 10. The number of nitrogens with one attached hydrogen (secondary N) is 1. The topological polar surface area (TPSA) is 58.6 Å². The molecular weight excluding hydrogens is 632 g/mol. The molecule has 1 fully saturated rings. The first kappa shape index (κ1) is 28.7. The van der Waals surface area contributed by atoms with Gasteiger partial charge in [0.05, 0.1) is 4.47 Å². The average Bonchev–Trinajstić information content (AvgIpc) is 2.91. The van der Waals surface area contributed by atoms with Gasteiger partial charge in [-0.25, -0.2) is 0 Å².